The van der Waals surface area contributed by atoms with Gasteiger partial charge in [0.15, 0.2) is 0 Å². The van der Waals surface area contributed by atoms with Crippen LogP contribution in [-0.2, 0) is 10.0 Å². The van der Waals surface area contributed by atoms with Crippen LogP contribution in [0.15, 0.2) is 23.1 Å². The van der Waals surface area contributed by atoms with E-state index in [1.165, 1.54) is 16.4 Å². The molecule has 1 fully saturated rings. The molecule has 0 saturated carbocycles. The first-order chi connectivity index (χ1) is 10.4. The minimum Gasteiger partial charge on any atom is -0.306 e. The van der Waals surface area contributed by atoms with Gasteiger partial charge in [0.05, 0.1) is 10.6 Å². The van der Waals surface area contributed by atoms with Gasteiger partial charge in [-0.05, 0) is 51.0 Å². The molecular weight excluding hydrogens is 322 g/mol. The molecule has 0 spiro atoms. The van der Waals surface area contributed by atoms with E-state index in [0.717, 1.165) is 25.9 Å². The van der Waals surface area contributed by atoms with Crippen LogP contribution in [0.4, 0.5) is 0 Å². The normalized spacial score (nSPS) is 17.6. The van der Waals surface area contributed by atoms with E-state index in [4.69, 9.17) is 11.6 Å². The number of halogens is 1. The average Bonchev–Trinajstić information content (AvgIpc) is 2.49. The van der Waals surface area contributed by atoms with Crippen molar-refractivity contribution < 1.29 is 8.42 Å². The highest BCUT2D eigenvalue weighted by atomic mass is 35.5. The molecule has 0 amide bonds. The van der Waals surface area contributed by atoms with E-state index in [-0.39, 0.29) is 15.5 Å². The Morgan fingerprint density at radius 1 is 1.41 bits per heavy atom. The maximum Gasteiger partial charge on any atom is 0.244 e. The number of nitrogens with zero attached hydrogens (tertiary/aromatic N) is 3. The molecule has 1 aromatic carbocycles. The Kier molecular flexibility index (Phi) is 5.45. The molecular formula is C15H20ClN3O2S. The molecule has 1 saturated heterocycles. The van der Waals surface area contributed by atoms with E-state index in [1.54, 1.807) is 13.1 Å². The zero-order valence-electron chi connectivity index (χ0n) is 12.8. The predicted molar refractivity (Wildman–Crippen MR) is 86.2 cm³/mol. The monoisotopic (exact) mass is 341 g/mol. The number of sulfonamides is 1. The molecule has 120 valence electrons. The summed E-state index contributed by atoms with van der Waals surface area (Å²) in [4.78, 5) is 2.23. The van der Waals surface area contributed by atoms with Crippen molar-refractivity contribution in [2.45, 2.75) is 17.7 Å². The molecule has 2 rings (SSSR count). The fourth-order valence-corrected chi connectivity index (χ4v) is 4.38. The molecule has 0 N–H and O–H groups in total. The summed E-state index contributed by atoms with van der Waals surface area (Å²) in [6.07, 6.45) is 1.97. The quantitative estimate of drug-likeness (QED) is 0.842. The van der Waals surface area contributed by atoms with Crippen LogP contribution in [0.2, 0.25) is 5.02 Å². The minimum atomic E-state index is -3.70. The highest BCUT2D eigenvalue weighted by molar-refractivity contribution is 7.89. The number of piperidine rings is 1. The maximum absolute atomic E-state index is 12.7. The molecule has 7 heteroatoms. The second-order valence-electron chi connectivity index (χ2n) is 5.76. The summed E-state index contributed by atoms with van der Waals surface area (Å²) in [7, 11) is -0.0679. The third-order valence-electron chi connectivity index (χ3n) is 4.13. The lowest BCUT2D eigenvalue weighted by Gasteiger charge is -2.31. The van der Waals surface area contributed by atoms with E-state index in [1.807, 2.05) is 6.07 Å². The summed E-state index contributed by atoms with van der Waals surface area (Å²) in [5.74, 6) is 0.348. The third-order valence-corrected chi connectivity index (χ3v) is 6.31. The zero-order valence-corrected chi connectivity index (χ0v) is 14.4. The lowest BCUT2D eigenvalue weighted by molar-refractivity contribution is 0.202. The van der Waals surface area contributed by atoms with Crippen molar-refractivity contribution in [1.82, 2.24) is 9.21 Å². The molecule has 1 heterocycles. The predicted octanol–water partition coefficient (Wildman–Crippen LogP) is 2.17. The van der Waals surface area contributed by atoms with Gasteiger partial charge < -0.3 is 4.90 Å². The Balaban J connectivity index is 2.20. The van der Waals surface area contributed by atoms with E-state index in [2.05, 4.69) is 11.9 Å². The zero-order chi connectivity index (χ0) is 16.3. The van der Waals surface area contributed by atoms with Gasteiger partial charge in [0.1, 0.15) is 11.0 Å². The lowest BCUT2D eigenvalue weighted by Crippen LogP contribution is -2.38. The van der Waals surface area contributed by atoms with Crippen LogP contribution in [0, 0.1) is 17.2 Å². The molecule has 5 nitrogen and oxygen atoms in total. The summed E-state index contributed by atoms with van der Waals surface area (Å²) in [6.45, 7) is 2.44. The Morgan fingerprint density at radius 2 is 2.05 bits per heavy atom. The first-order valence-corrected chi connectivity index (χ1v) is 9.01. The number of hydrogen-bond acceptors (Lipinski definition) is 4. The minimum absolute atomic E-state index is 0.0133. The SMILES string of the molecule is CN1CCC(CN(C)S(=O)(=O)c2cccc(Cl)c2C#N)CC1. The number of rotatable bonds is 4. The van der Waals surface area contributed by atoms with Gasteiger partial charge in [0.25, 0.3) is 0 Å². The third kappa shape index (κ3) is 3.61. The second kappa shape index (κ2) is 6.97. The van der Waals surface area contributed by atoms with E-state index < -0.39 is 10.0 Å². The summed E-state index contributed by atoms with van der Waals surface area (Å²) in [6, 6.07) is 6.40. The molecule has 22 heavy (non-hydrogen) atoms. The van der Waals surface area contributed by atoms with Gasteiger partial charge in [-0.1, -0.05) is 17.7 Å². The van der Waals surface area contributed by atoms with Crippen LogP contribution in [0.3, 0.4) is 0 Å². The van der Waals surface area contributed by atoms with Crippen LogP contribution < -0.4 is 0 Å². The van der Waals surface area contributed by atoms with Crippen LogP contribution in [0.1, 0.15) is 18.4 Å². The molecule has 1 aliphatic heterocycles. The number of benzene rings is 1. The lowest BCUT2D eigenvalue weighted by atomic mass is 9.97. The van der Waals surface area contributed by atoms with Gasteiger partial charge in [0.2, 0.25) is 10.0 Å². The second-order valence-corrected chi connectivity index (χ2v) is 8.18. The Morgan fingerprint density at radius 3 is 2.64 bits per heavy atom. The largest absolute Gasteiger partial charge is 0.306 e. The fourth-order valence-electron chi connectivity index (χ4n) is 2.70. The highest BCUT2D eigenvalue weighted by Gasteiger charge is 2.28. The molecule has 0 atom stereocenters. The van der Waals surface area contributed by atoms with Crippen LogP contribution in [0.25, 0.3) is 0 Å². The van der Waals surface area contributed by atoms with Gasteiger partial charge in [-0.25, -0.2) is 12.7 Å². The smallest absolute Gasteiger partial charge is 0.244 e. The number of likely N-dealkylation sites (tertiary alicyclic amines) is 1. The van der Waals surface area contributed by atoms with Crippen molar-refractivity contribution in [3.8, 4) is 6.07 Å². The number of hydrogen-bond donors (Lipinski definition) is 0. The van der Waals surface area contributed by atoms with Gasteiger partial charge >= 0.3 is 0 Å². The first kappa shape index (κ1) is 17.2. The van der Waals surface area contributed by atoms with Crippen molar-refractivity contribution >= 4 is 21.6 Å². The van der Waals surface area contributed by atoms with Gasteiger partial charge in [-0.15, -0.1) is 0 Å². The maximum atomic E-state index is 12.7. The Labute approximate surface area is 137 Å². The summed E-state index contributed by atoms with van der Waals surface area (Å²) in [5.41, 5.74) is 0.0133. The topological polar surface area (TPSA) is 64.4 Å². The van der Waals surface area contributed by atoms with Crippen molar-refractivity contribution in [1.29, 1.82) is 5.26 Å². The summed E-state index contributed by atoms with van der Waals surface area (Å²) in [5, 5.41) is 9.34. The van der Waals surface area contributed by atoms with Crippen LogP contribution >= 0.6 is 11.6 Å². The van der Waals surface area contributed by atoms with Gasteiger partial charge in [0, 0.05) is 13.6 Å². The molecule has 1 aromatic rings. The standard InChI is InChI=1S/C15H20ClN3O2S/c1-18-8-6-12(7-9-18)11-19(2)22(20,21)15-5-3-4-14(16)13(15)10-17/h3-5,12H,6-9,11H2,1-2H3. The van der Waals surface area contributed by atoms with E-state index in [9.17, 15) is 13.7 Å². The summed E-state index contributed by atoms with van der Waals surface area (Å²) < 4.78 is 26.8. The Bertz CT molecular complexity index is 677. The van der Waals surface area contributed by atoms with E-state index >= 15 is 0 Å². The fraction of sp³-hybridized carbons (Fsp3) is 0.533. The van der Waals surface area contributed by atoms with Gasteiger partial charge in [-0.3, -0.25) is 0 Å². The molecule has 0 aromatic heterocycles. The van der Waals surface area contributed by atoms with Crippen molar-refractivity contribution in [3.63, 3.8) is 0 Å². The molecule has 0 aliphatic carbocycles. The van der Waals surface area contributed by atoms with Gasteiger partial charge in [-0.2, -0.15) is 5.26 Å². The molecule has 1 aliphatic rings. The molecule has 0 radical (unpaired) electrons. The van der Waals surface area contributed by atoms with Crippen molar-refractivity contribution in [3.05, 3.63) is 28.8 Å². The van der Waals surface area contributed by atoms with E-state index in [0.29, 0.717) is 12.5 Å². The summed E-state index contributed by atoms with van der Waals surface area (Å²) >= 11 is 5.94. The number of nitriles is 1. The van der Waals surface area contributed by atoms with Crippen molar-refractivity contribution in [2.24, 2.45) is 5.92 Å². The first-order valence-electron chi connectivity index (χ1n) is 7.19. The highest BCUT2D eigenvalue weighted by Crippen LogP contribution is 2.26. The molecule has 0 unspecified atom stereocenters. The van der Waals surface area contributed by atoms with Crippen LogP contribution in [0.5, 0.6) is 0 Å². The Hall–Kier alpha value is -1.13. The average molecular weight is 342 g/mol. The molecule has 0 bridgehead atoms. The van der Waals surface area contributed by atoms with Crippen LogP contribution in [-0.4, -0.2) is 51.4 Å². The van der Waals surface area contributed by atoms with Crippen molar-refractivity contribution in [2.75, 3.05) is 33.7 Å².